The van der Waals surface area contributed by atoms with Gasteiger partial charge in [0.2, 0.25) is 0 Å². The van der Waals surface area contributed by atoms with Crippen LogP contribution in [-0.2, 0) is 16.1 Å². The number of carbonyl (C=O) groups excluding carboxylic acids is 1. The van der Waals surface area contributed by atoms with Gasteiger partial charge in [-0.15, -0.1) is 6.58 Å². The highest BCUT2D eigenvalue weighted by molar-refractivity contribution is 5.78. The van der Waals surface area contributed by atoms with Crippen LogP contribution in [0.2, 0.25) is 0 Å². The largest absolute Gasteiger partial charge is 0.468 e. The number of hydrogen-bond donors (Lipinski definition) is 0. The molecule has 2 saturated heterocycles. The Hall–Kier alpha value is -1.59. The summed E-state index contributed by atoms with van der Waals surface area (Å²) in [6.45, 7) is 11.5. The third-order valence-electron chi connectivity index (χ3n) is 5.37. The number of fused-ring (bicyclic) bond motifs is 1. The van der Waals surface area contributed by atoms with Crippen molar-refractivity contribution in [2.24, 2.45) is 11.3 Å². The smallest absolute Gasteiger partial charge is 0.313 e. The lowest BCUT2D eigenvalue weighted by molar-refractivity contribution is -0.157. The highest BCUT2D eigenvalue weighted by Crippen LogP contribution is 2.43. The number of carbonyl (C=O) groups is 1. The quantitative estimate of drug-likeness (QED) is 0.592. The Labute approximate surface area is 144 Å². The van der Waals surface area contributed by atoms with Crippen LogP contribution in [0.4, 0.5) is 0 Å². The molecule has 0 aliphatic carbocycles. The molecule has 3 heterocycles. The zero-order valence-electron chi connectivity index (χ0n) is 14.6. The molecule has 2 fully saturated rings. The first-order valence-corrected chi connectivity index (χ1v) is 8.93. The van der Waals surface area contributed by atoms with Crippen LogP contribution in [0.1, 0.15) is 25.5 Å². The van der Waals surface area contributed by atoms with E-state index in [9.17, 15) is 4.79 Å². The normalized spacial score (nSPS) is 28.3. The SMILES string of the molecule is C=CCN1C[C@H]2CN(Cc3ccco3)CCC[C@@]2(C(=O)OCC)C1. The second-order valence-corrected chi connectivity index (χ2v) is 6.97. The minimum atomic E-state index is -0.364. The summed E-state index contributed by atoms with van der Waals surface area (Å²) >= 11 is 0. The van der Waals surface area contributed by atoms with Gasteiger partial charge in [-0.1, -0.05) is 6.08 Å². The zero-order chi connectivity index (χ0) is 17.0. The summed E-state index contributed by atoms with van der Waals surface area (Å²) in [6.07, 6.45) is 5.55. The van der Waals surface area contributed by atoms with Crippen molar-refractivity contribution in [2.45, 2.75) is 26.3 Å². The van der Waals surface area contributed by atoms with Crippen molar-refractivity contribution in [3.63, 3.8) is 0 Å². The number of esters is 1. The molecule has 1 aromatic rings. The molecule has 0 saturated carbocycles. The first kappa shape index (κ1) is 17.2. The highest BCUT2D eigenvalue weighted by atomic mass is 16.5. The minimum absolute atomic E-state index is 0.0126. The van der Waals surface area contributed by atoms with E-state index >= 15 is 0 Å². The van der Waals surface area contributed by atoms with Gasteiger partial charge in [-0.05, 0) is 38.4 Å². The molecule has 24 heavy (non-hydrogen) atoms. The van der Waals surface area contributed by atoms with Gasteiger partial charge in [0.15, 0.2) is 0 Å². The number of nitrogens with zero attached hydrogens (tertiary/aromatic N) is 2. The first-order valence-electron chi connectivity index (χ1n) is 8.93. The van der Waals surface area contributed by atoms with E-state index < -0.39 is 0 Å². The molecule has 1 aromatic heterocycles. The molecule has 132 valence electrons. The van der Waals surface area contributed by atoms with Crippen molar-refractivity contribution >= 4 is 5.97 Å². The molecule has 0 spiro atoms. The Balaban J connectivity index is 1.77. The van der Waals surface area contributed by atoms with Crippen molar-refractivity contribution < 1.29 is 13.9 Å². The number of ether oxygens (including phenoxy) is 1. The topological polar surface area (TPSA) is 45.9 Å². The van der Waals surface area contributed by atoms with Crippen LogP contribution in [-0.4, -0.2) is 55.1 Å². The summed E-state index contributed by atoms with van der Waals surface area (Å²) in [6, 6.07) is 3.94. The average Bonchev–Trinajstić information content (AvgIpc) is 3.13. The fraction of sp³-hybridized carbons (Fsp3) is 0.632. The predicted octanol–water partition coefficient (Wildman–Crippen LogP) is 2.54. The summed E-state index contributed by atoms with van der Waals surface area (Å²) in [7, 11) is 0. The van der Waals surface area contributed by atoms with Gasteiger partial charge in [-0.2, -0.15) is 0 Å². The number of rotatable bonds is 6. The van der Waals surface area contributed by atoms with Gasteiger partial charge in [-0.3, -0.25) is 14.6 Å². The first-order chi connectivity index (χ1) is 11.7. The summed E-state index contributed by atoms with van der Waals surface area (Å²) in [5, 5.41) is 0. The molecular formula is C19H28N2O3. The van der Waals surface area contributed by atoms with E-state index in [1.54, 1.807) is 6.26 Å². The van der Waals surface area contributed by atoms with E-state index in [1.165, 1.54) is 0 Å². The second-order valence-electron chi connectivity index (χ2n) is 6.97. The van der Waals surface area contributed by atoms with Crippen molar-refractivity contribution in [1.29, 1.82) is 0 Å². The molecule has 0 radical (unpaired) electrons. The summed E-state index contributed by atoms with van der Waals surface area (Å²) in [5.41, 5.74) is -0.364. The maximum absolute atomic E-state index is 12.8. The van der Waals surface area contributed by atoms with Gasteiger partial charge in [0.25, 0.3) is 0 Å². The van der Waals surface area contributed by atoms with Crippen LogP contribution in [0.25, 0.3) is 0 Å². The Bertz CT molecular complexity index is 557. The van der Waals surface area contributed by atoms with E-state index in [0.717, 1.165) is 57.9 Å². The molecule has 0 bridgehead atoms. The van der Waals surface area contributed by atoms with Crippen LogP contribution in [0.15, 0.2) is 35.5 Å². The van der Waals surface area contributed by atoms with Gasteiger partial charge in [0, 0.05) is 32.1 Å². The van der Waals surface area contributed by atoms with Gasteiger partial charge in [0.05, 0.1) is 24.8 Å². The number of furan rings is 1. The zero-order valence-corrected chi connectivity index (χ0v) is 14.6. The van der Waals surface area contributed by atoms with Gasteiger partial charge >= 0.3 is 5.97 Å². The molecule has 2 aliphatic rings. The summed E-state index contributed by atoms with van der Waals surface area (Å²) in [5.74, 6) is 1.27. The molecule has 0 aromatic carbocycles. The summed E-state index contributed by atoms with van der Waals surface area (Å²) < 4.78 is 11.0. The van der Waals surface area contributed by atoms with Crippen molar-refractivity contribution in [1.82, 2.24) is 9.80 Å². The average molecular weight is 332 g/mol. The fourth-order valence-electron chi connectivity index (χ4n) is 4.31. The molecular weight excluding hydrogens is 304 g/mol. The monoisotopic (exact) mass is 332 g/mol. The predicted molar refractivity (Wildman–Crippen MR) is 92.4 cm³/mol. The minimum Gasteiger partial charge on any atom is -0.468 e. The molecule has 2 atom stereocenters. The molecule has 0 amide bonds. The Kier molecular flexibility index (Phi) is 5.41. The molecule has 0 unspecified atom stereocenters. The van der Waals surface area contributed by atoms with Crippen LogP contribution in [0.5, 0.6) is 0 Å². The van der Waals surface area contributed by atoms with E-state index in [2.05, 4.69) is 16.4 Å². The van der Waals surface area contributed by atoms with Crippen LogP contribution < -0.4 is 0 Å². The van der Waals surface area contributed by atoms with Crippen LogP contribution in [0, 0.1) is 11.3 Å². The third-order valence-corrected chi connectivity index (χ3v) is 5.37. The number of likely N-dealkylation sites (tertiary alicyclic amines) is 2. The lowest BCUT2D eigenvalue weighted by atomic mass is 9.75. The maximum Gasteiger partial charge on any atom is 0.313 e. The molecule has 0 N–H and O–H groups in total. The van der Waals surface area contributed by atoms with Gasteiger partial charge in [-0.25, -0.2) is 0 Å². The summed E-state index contributed by atoms with van der Waals surface area (Å²) in [4.78, 5) is 17.6. The van der Waals surface area contributed by atoms with Crippen LogP contribution in [0.3, 0.4) is 0 Å². The van der Waals surface area contributed by atoms with Crippen molar-refractivity contribution in [3.8, 4) is 0 Å². The highest BCUT2D eigenvalue weighted by Gasteiger charge is 2.53. The lowest BCUT2D eigenvalue weighted by Crippen LogP contribution is -2.42. The molecule has 3 rings (SSSR count). The second kappa shape index (κ2) is 7.53. The fourth-order valence-corrected chi connectivity index (χ4v) is 4.31. The van der Waals surface area contributed by atoms with E-state index in [0.29, 0.717) is 12.5 Å². The number of hydrogen-bond acceptors (Lipinski definition) is 5. The van der Waals surface area contributed by atoms with Crippen molar-refractivity contribution in [2.75, 3.05) is 39.3 Å². The van der Waals surface area contributed by atoms with Gasteiger partial charge < -0.3 is 9.15 Å². The van der Waals surface area contributed by atoms with E-state index in [4.69, 9.17) is 9.15 Å². The third kappa shape index (κ3) is 3.42. The molecule has 5 heteroatoms. The maximum atomic E-state index is 12.8. The molecule has 5 nitrogen and oxygen atoms in total. The Morgan fingerprint density at radius 2 is 2.33 bits per heavy atom. The standard InChI is InChI=1S/C19H28N2O3/c1-3-9-21-13-16-12-20(14-17-7-5-11-24-17)10-6-8-19(16,15-21)18(22)23-4-2/h3,5,7,11,16H,1,4,6,8-10,12-15H2,2H3/t16-,19-/m1/s1. The van der Waals surface area contributed by atoms with E-state index in [-0.39, 0.29) is 11.4 Å². The van der Waals surface area contributed by atoms with Crippen LogP contribution >= 0.6 is 0 Å². The van der Waals surface area contributed by atoms with Crippen molar-refractivity contribution in [3.05, 3.63) is 36.8 Å². The lowest BCUT2D eigenvalue weighted by Gasteiger charge is -2.31. The Morgan fingerprint density at radius 1 is 1.50 bits per heavy atom. The van der Waals surface area contributed by atoms with Gasteiger partial charge in [0.1, 0.15) is 5.76 Å². The molecule has 2 aliphatic heterocycles. The Morgan fingerprint density at radius 3 is 3.04 bits per heavy atom. The van der Waals surface area contributed by atoms with E-state index in [1.807, 2.05) is 25.1 Å².